The maximum atomic E-state index is 12.7. The van der Waals surface area contributed by atoms with Crippen molar-refractivity contribution in [2.24, 2.45) is 0 Å². The molecule has 2 aromatic rings. The summed E-state index contributed by atoms with van der Waals surface area (Å²) in [7, 11) is 0. The number of alkyl halides is 3. The lowest BCUT2D eigenvalue weighted by Crippen LogP contribution is -2.46. The van der Waals surface area contributed by atoms with E-state index in [1.807, 2.05) is 0 Å². The van der Waals surface area contributed by atoms with Crippen molar-refractivity contribution in [1.82, 2.24) is 0 Å². The van der Waals surface area contributed by atoms with Gasteiger partial charge in [-0.2, -0.15) is 13.2 Å². The number of halogens is 3. The Kier molecular flexibility index (Phi) is 6.17. The number of carbonyl (C=O) groups excluding carboxylic acids is 1. The molecule has 0 unspecified atom stereocenters. The fourth-order valence-electron chi connectivity index (χ4n) is 4.20. The van der Waals surface area contributed by atoms with E-state index in [4.69, 9.17) is 14.6 Å². The molecule has 1 fully saturated rings. The highest BCUT2D eigenvalue weighted by atomic mass is 19.4. The van der Waals surface area contributed by atoms with Crippen molar-refractivity contribution in [1.29, 1.82) is 0 Å². The molecule has 2 aromatic carbocycles. The summed E-state index contributed by atoms with van der Waals surface area (Å²) in [4.78, 5) is 23.4. The predicted molar refractivity (Wildman–Crippen MR) is 110 cm³/mol. The first-order chi connectivity index (χ1) is 15.6. The number of aliphatic hydroxyl groups is 1. The number of rotatable bonds is 5. The molecule has 0 radical (unpaired) electrons. The monoisotopic (exact) mass is 466 g/mol. The Bertz CT molecular complexity index is 1040. The summed E-state index contributed by atoms with van der Waals surface area (Å²) >= 11 is 0. The quantitative estimate of drug-likeness (QED) is 0.532. The van der Waals surface area contributed by atoms with Crippen molar-refractivity contribution in [3.63, 3.8) is 0 Å². The number of aliphatic carboxylic acids is 1. The van der Waals surface area contributed by atoms with Crippen molar-refractivity contribution in [2.75, 3.05) is 17.2 Å². The van der Waals surface area contributed by atoms with E-state index in [1.54, 1.807) is 18.2 Å². The number of urea groups is 1. The maximum absolute atomic E-state index is 12.7. The Morgan fingerprint density at radius 2 is 1.73 bits per heavy atom. The zero-order valence-electron chi connectivity index (χ0n) is 17.1. The van der Waals surface area contributed by atoms with Gasteiger partial charge in [-0.1, -0.05) is 0 Å². The van der Waals surface area contributed by atoms with Gasteiger partial charge in [0.2, 0.25) is 0 Å². The minimum Gasteiger partial charge on any atom is -0.487 e. The summed E-state index contributed by atoms with van der Waals surface area (Å²) in [6.45, 7) is -0.327. The average molecular weight is 466 g/mol. The third-order valence-corrected chi connectivity index (χ3v) is 5.63. The molecule has 2 heterocycles. The van der Waals surface area contributed by atoms with Crippen molar-refractivity contribution < 1.29 is 42.4 Å². The van der Waals surface area contributed by atoms with Crippen LogP contribution in [0.1, 0.15) is 29.9 Å². The topological polar surface area (TPSA) is 117 Å². The van der Waals surface area contributed by atoms with Crippen LogP contribution in [-0.2, 0) is 15.7 Å². The highest BCUT2D eigenvalue weighted by Crippen LogP contribution is 2.47. The van der Waals surface area contributed by atoms with Gasteiger partial charge in [-0.05, 0) is 48.9 Å². The summed E-state index contributed by atoms with van der Waals surface area (Å²) in [5.41, 5.74) is 0.547. The van der Waals surface area contributed by atoms with Gasteiger partial charge in [0.05, 0.1) is 24.7 Å². The van der Waals surface area contributed by atoms with Crippen LogP contribution in [0.5, 0.6) is 5.75 Å². The van der Waals surface area contributed by atoms with E-state index in [2.05, 4.69) is 10.6 Å². The Morgan fingerprint density at radius 1 is 1.06 bits per heavy atom. The van der Waals surface area contributed by atoms with Crippen LogP contribution in [0, 0.1) is 0 Å². The number of fused-ring (bicyclic) bond motifs is 3. The molecule has 11 heteroatoms. The molecule has 1 saturated heterocycles. The van der Waals surface area contributed by atoms with Gasteiger partial charge in [0.25, 0.3) is 0 Å². The van der Waals surface area contributed by atoms with Crippen LogP contribution in [0.4, 0.5) is 29.3 Å². The number of carbonyl (C=O) groups is 2. The van der Waals surface area contributed by atoms with Gasteiger partial charge >= 0.3 is 18.2 Å². The molecule has 176 valence electrons. The van der Waals surface area contributed by atoms with Crippen molar-refractivity contribution in [2.45, 2.75) is 43.2 Å². The number of carboxylic acid groups (broad SMARTS) is 1. The lowest BCUT2D eigenvalue weighted by atomic mass is 9.84. The zero-order chi connectivity index (χ0) is 23.8. The maximum Gasteiger partial charge on any atom is 0.416 e. The molecule has 33 heavy (non-hydrogen) atoms. The number of hydrogen-bond acceptors (Lipinski definition) is 5. The Morgan fingerprint density at radius 3 is 2.36 bits per heavy atom. The molecule has 0 aromatic heterocycles. The van der Waals surface area contributed by atoms with E-state index in [9.17, 15) is 27.9 Å². The number of benzene rings is 2. The highest BCUT2D eigenvalue weighted by Gasteiger charge is 2.46. The van der Waals surface area contributed by atoms with E-state index in [-0.39, 0.29) is 24.6 Å². The molecule has 4 N–H and O–H groups in total. The van der Waals surface area contributed by atoms with E-state index in [0.29, 0.717) is 17.9 Å². The Hall–Kier alpha value is -3.31. The SMILES string of the molecule is O=C(O)C[C@H]1C[C@@H]2c3cc(NC(=O)Nc4ccc(C(F)(F)F)cc4)ccc3O[C@@H]2[C@H](CO)O1. The molecule has 2 aliphatic heterocycles. The third-order valence-electron chi connectivity index (χ3n) is 5.63. The second-order valence-corrected chi connectivity index (χ2v) is 7.91. The summed E-state index contributed by atoms with van der Waals surface area (Å²) < 4.78 is 49.6. The smallest absolute Gasteiger partial charge is 0.416 e. The second kappa shape index (κ2) is 8.91. The van der Waals surface area contributed by atoms with Crippen LogP contribution in [0.25, 0.3) is 0 Å². The molecular formula is C22H21F3N2O6. The normalized spacial score (nSPS) is 23.8. The minimum atomic E-state index is -4.46. The molecule has 0 spiro atoms. The number of nitrogens with one attached hydrogen (secondary N) is 2. The van der Waals surface area contributed by atoms with Crippen LogP contribution in [0.15, 0.2) is 42.5 Å². The third kappa shape index (κ3) is 5.04. The summed E-state index contributed by atoms with van der Waals surface area (Å²) in [6.07, 6.45) is -6.04. The van der Waals surface area contributed by atoms with Crippen molar-refractivity contribution in [3.8, 4) is 5.75 Å². The van der Waals surface area contributed by atoms with Crippen LogP contribution in [0.2, 0.25) is 0 Å². The first kappa shape index (κ1) is 22.9. The zero-order valence-corrected chi connectivity index (χ0v) is 17.1. The summed E-state index contributed by atoms with van der Waals surface area (Å²) in [6, 6.07) is 8.37. The largest absolute Gasteiger partial charge is 0.487 e. The molecular weight excluding hydrogens is 445 g/mol. The average Bonchev–Trinajstić information content (AvgIpc) is 3.10. The Balaban J connectivity index is 1.45. The molecule has 0 bridgehead atoms. The van der Waals surface area contributed by atoms with Gasteiger partial charge in [-0.15, -0.1) is 0 Å². The predicted octanol–water partition coefficient (Wildman–Crippen LogP) is 3.82. The number of anilines is 2. The lowest BCUT2D eigenvalue weighted by molar-refractivity contribution is -0.153. The van der Waals surface area contributed by atoms with Gasteiger partial charge in [0, 0.05) is 22.9 Å². The van der Waals surface area contributed by atoms with Crippen LogP contribution in [-0.4, -0.2) is 47.1 Å². The fraction of sp³-hybridized carbons (Fsp3) is 0.364. The molecule has 4 rings (SSSR count). The van der Waals surface area contributed by atoms with Crippen LogP contribution >= 0.6 is 0 Å². The van der Waals surface area contributed by atoms with Gasteiger partial charge in [-0.25, -0.2) is 4.79 Å². The van der Waals surface area contributed by atoms with E-state index in [1.165, 1.54) is 0 Å². The van der Waals surface area contributed by atoms with Gasteiger partial charge in [0.1, 0.15) is 18.0 Å². The van der Waals surface area contributed by atoms with Crippen molar-refractivity contribution in [3.05, 3.63) is 53.6 Å². The Labute approximate surface area is 186 Å². The molecule has 4 atom stereocenters. The van der Waals surface area contributed by atoms with E-state index in [0.717, 1.165) is 29.8 Å². The molecule has 2 aliphatic rings. The van der Waals surface area contributed by atoms with Crippen LogP contribution < -0.4 is 15.4 Å². The van der Waals surface area contributed by atoms with E-state index >= 15 is 0 Å². The first-order valence-electron chi connectivity index (χ1n) is 10.2. The first-order valence-corrected chi connectivity index (χ1v) is 10.2. The molecule has 8 nitrogen and oxygen atoms in total. The van der Waals surface area contributed by atoms with Gasteiger partial charge in [-0.3, -0.25) is 4.79 Å². The van der Waals surface area contributed by atoms with Crippen LogP contribution in [0.3, 0.4) is 0 Å². The minimum absolute atomic E-state index is 0.191. The standard InChI is InChI=1S/C22H21F3N2O6/c23-22(24,25)11-1-3-12(4-2-11)26-21(31)27-13-5-6-17-15(7-13)16-8-14(9-19(29)30)32-18(10-28)20(16)33-17/h1-7,14,16,18,20,28H,8-10H2,(H,29,30)(H2,26,27,31)/t14-,16-,18+,20+/m1/s1. The number of amides is 2. The highest BCUT2D eigenvalue weighted by molar-refractivity contribution is 5.99. The molecule has 0 aliphatic carbocycles. The number of carboxylic acids is 1. The summed E-state index contributed by atoms with van der Waals surface area (Å²) in [5, 5.41) is 23.9. The number of ether oxygens (including phenoxy) is 2. The number of hydrogen-bond donors (Lipinski definition) is 4. The lowest BCUT2D eigenvalue weighted by Gasteiger charge is -2.36. The van der Waals surface area contributed by atoms with Gasteiger partial charge in [0.15, 0.2) is 0 Å². The molecule has 2 amide bonds. The van der Waals surface area contributed by atoms with Gasteiger partial charge < -0.3 is 30.3 Å². The second-order valence-electron chi connectivity index (χ2n) is 7.91. The van der Waals surface area contributed by atoms with E-state index < -0.39 is 42.1 Å². The number of aliphatic hydroxyl groups excluding tert-OH is 1. The fourth-order valence-corrected chi connectivity index (χ4v) is 4.20. The summed E-state index contributed by atoms with van der Waals surface area (Å²) in [5.74, 6) is -0.684. The molecule has 0 saturated carbocycles. The van der Waals surface area contributed by atoms with Crippen molar-refractivity contribution >= 4 is 23.4 Å².